The first-order valence-electron chi connectivity index (χ1n) is 9.03. The summed E-state index contributed by atoms with van der Waals surface area (Å²) in [5.41, 5.74) is 1.98. The fraction of sp³-hybridized carbons (Fsp3) is 0.143. The minimum absolute atomic E-state index is 0.126. The van der Waals surface area contributed by atoms with Gasteiger partial charge in [-0.1, -0.05) is 36.4 Å². The van der Waals surface area contributed by atoms with Crippen molar-refractivity contribution in [2.24, 2.45) is 5.10 Å². The molecule has 148 valence electrons. The Bertz CT molecular complexity index is 1160. The Hall–Kier alpha value is -2.97. The van der Waals surface area contributed by atoms with Crippen molar-refractivity contribution >= 4 is 38.7 Å². The summed E-state index contributed by atoms with van der Waals surface area (Å²) in [4.78, 5) is 13.3. The van der Waals surface area contributed by atoms with Crippen LogP contribution in [-0.2, 0) is 14.8 Å². The minimum Gasteiger partial charge on any atom is -0.280 e. The van der Waals surface area contributed by atoms with Gasteiger partial charge in [-0.2, -0.15) is 5.10 Å². The van der Waals surface area contributed by atoms with Gasteiger partial charge in [0.25, 0.3) is 10.0 Å². The van der Waals surface area contributed by atoms with Gasteiger partial charge in [0.2, 0.25) is 5.91 Å². The maximum Gasteiger partial charge on any atom is 0.261 e. The average molecular weight is 426 g/mol. The Kier molecular flexibility index (Phi) is 5.21. The molecule has 1 aliphatic heterocycles. The van der Waals surface area contributed by atoms with Crippen LogP contribution in [0.25, 0.3) is 0 Å². The summed E-state index contributed by atoms with van der Waals surface area (Å²) in [6.07, 6.45) is 0.578. The number of benzene rings is 2. The molecule has 3 aromatic rings. The molecule has 8 heteroatoms. The highest BCUT2D eigenvalue weighted by Gasteiger charge is 2.32. The van der Waals surface area contributed by atoms with E-state index in [-0.39, 0.29) is 16.8 Å². The Morgan fingerprint density at radius 2 is 1.90 bits per heavy atom. The van der Waals surface area contributed by atoms with Gasteiger partial charge in [0.1, 0.15) is 0 Å². The number of hydrogen-bond acceptors (Lipinski definition) is 5. The molecule has 2 heterocycles. The van der Waals surface area contributed by atoms with Crippen LogP contribution >= 0.6 is 11.3 Å². The van der Waals surface area contributed by atoms with Crippen LogP contribution in [0, 0.1) is 0 Å². The summed E-state index contributed by atoms with van der Waals surface area (Å²) in [7, 11) is -3.68. The topological polar surface area (TPSA) is 78.8 Å². The highest BCUT2D eigenvalue weighted by atomic mass is 32.2. The van der Waals surface area contributed by atoms with Crippen molar-refractivity contribution in [3.8, 4) is 0 Å². The van der Waals surface area contributed by atoms with E-state index >= 15 is 0 Å². The van der Waals surface area contributed by atoms with Gasteiger partial charge in [0.15, 0.2) is 0 Å². The van der Waals surface area contributed by atoms with Gasteiger partial charge in [-0.3, -0.25) is 9.52 Å². The van der Waals surface area contributed by atoms with Crippen LogP contribution in [-0.4, -0.2) is 25.0 Å². The molecule has 6 nitrogen and oxygen atoms in total. The third kappa shape index (κ3) is 4.08. The van der Waals surface area contributed by atoms with Gasteiger partial charge in [-0.15, -0.1) is 11.3 Å². The van der Waals surface area contributed by atoms with E-state index in [9.17, 15) is 13.2 Å². The van der Waals surface area contributed by atoms with Crippen LogP contribution in [0.3, 0.4) is 0 Å². The second kappa shape index (κ2) is 7.81. The Morgan fingerprint density at radius 1 is 1.10 bits per heavy atom. The van der Waals surface area contributed by atoms with Crippen molar-refractivity contribution in [3.63, 3.8) is 0 Å². The van der Waals surface area contributed by atoms with E-state index in [0.29, 0.717) is 12.1 Å². The molecule has 0 radical (unpaired) electrons. The monoisotopic (exact) mass is 425 g/mol. The van der Waals surface area contributed by atoms with Crippen LogP contribution < -0.4 is 4.72 Å². The van der Waals surface area contributed by atoms with Crippen molar-refractivity contribution in [1.29, 1.82) is 0 Å². The molecule has 0 saturated heterocycles. The van der Waals surface area contributed by atoms with Gasteiger partial charge in [0.05, 0.1) is 16.6 Å². The van der Waals surface area contributed by atoms with Gasteiger partial charge in [-0.05, 0) is 41.3 Å². The zero-order chi connectivity index (χ0) is 20.4. The molecule has 1 aromatic heterocycles. The zero-order valence-electron chi connectivity index (χ0n) is 15.6. The number of carbonyl (C=O) groups is 1. The van der Waals surface area contributed by atoms with E-state index in [2.05, 4.69) is 9.82 Å². The quantitative estimate of drug-likeness (QED) is 0.664. The molecule has 1 N–H and O–H groups in total. The van der Waals surface area contributed by atoms with Crippen LogP contribution in [0.2, 0.25) is 0 Å². The second-order valence-corrected chi connectivity index (χ2v) is 9.31. The third-order valence-corrected chi connectivity index (χ3v) is 6.98. The standard InChI is InChI=1S/C21H19N3O3S2/c1-15(25)24-20(21-11-6-12-28-21)14-19(22-24)16-7-5-8-17(13-16)23-29(26,27)18-9-3-2-4-10-18/h2-13,20,23H,14H2,1H3/t20-/m1/s1. The summed E-state index contributed by atoms with van der Waals surface area (Å²) >= 11 is 1.59. The maximum absolute atomic E-state index is 12.6. The van der Waals surface area contributed by atoms with Crippen molar-refractivity contribution in [2.75, 3.05) is 4.72 Å². The lowest BCUT2D eigenvalue weighted by atomic mass is 10.0. The molecule has 0 unspecified atom stereocenters. The number of hydrazone groups is 1. The fourth-order valence-corrected chi connectivity index (χ4v) is 5.14. The van der Waals surface area contributed by atoms with Gasteiger partial charge in [0, 0.05) is 23.9 Å². The number of hydrogen-bond donors (Lipinski definition) is 1. The number of amides is 1. The smallest absolute Gasteiger partial charge is 0.261 e. The summed E-state index contributed by atoms with van der Waals surface area (Å²) < 4.78 is 27.8. The molecule has 0 fully saturated rings. The van der Waals surface area contributed by atoms with Crippen LogP contribution in [0.1, 0.15) is 29.8 Å². The minimum atomic E-state index is -3.68. The molecule has 0 bridgehead atoms. The first kappa shape index (κ1) is 19.4. The Morgan fingerprint density at radius 3 is 2.59 bits per heavy atom. The molecular weight excluding hydrogens is 406 g/mol. The first-order valence-corrected chi connectivity index (χ1v) is 11.4. The van der Waals surface area contributed by atoms with E-state index in [1.807, 2.05) is 23.6 Å². The highest BCUT2D eigenvalue weighted by molar-refractivity contribution is 7.92. The summed E-state index contributed by atoms with van der Waals surface area (Å²) in [5, 5.41) is 8.00. The van der Waals surface area contributed by atoms with Gasteiger partial charge >= 0.3 is 0 Å². The number of rotatable bonds is 5. The maximum atomic E-state index is 12.6. The Balaban J connectivity index is 1.61. The zero-order valence-corrected chi connectivity index (χ0v) is 17.3. The molecule has 4 rings (SSSR count). The second-order valence-electron chi connectivity index (χ2n) is 6.64. The normalized spacial score (nSPS) is 16.5. The molecule has 29 heavy (non-hydrogen) atoms. The Labute approximate surface area is 173 Å². The predicted octanol–water partition coefficient (Wildman–Crippen LogP) is 4.25. The van der Waals surface area contributed by atoms with Gasteiger partial charge in [-0.25, -0.2) is 13.4 Å². The van der Waals surface area contributed by atoms with Crippen molar-refractivity contribution in [1.82, 2.24) is 5.01 Å². The van der Waals surface area contributed by atoms with Crippen LogP contribution in [0.5, 0.6) is 0 Å². The number of anilines is 1. The number of thiophene rings is 1. The number of sulfonamides is 1. The summed E-state index contributed by atoms with van der Waals surface area (Å²) in [5.74, 6) is -0.126. The van der Waals surface area contributed by atoms with E-state index in [0.717, 1.165) is 16.2 Å². The lowest BCUT2D eigenvalue weighted by molar-refractivity contribution is -0.130. The van der Waals surface area contributed by atoms with Crippen molar-refractivity contribution in [3.05, 3.63) is 82.6 Å². The van der Waals surface area contributed by atoms with Crippen molar-refractivity contribution < 1.29 is 13.2 Å². The lowest BCUT2D eigenvalue weighted by Gasteiger charge is -2.18. The summed E-state index contributed by atoms with van der Waals surface area (Å²) in [6.45, 7) is 1.50. The molecule has 1 amide bonds. The third-order valence-electron chi connectivity index (χ3n) is 4.61. The number of nitrogens with one attached hydrogen (secondary N) is 1. The number of carbonyl (C=O) groups excluding carboxylic acids is 1. The van der Waals surface area contributed by atoms with Crippen molar-refractivity contribution in [2.45, 2.75) is 24.3 Å². The van der Waals surface area contributed by atoms with Gasteiger partial charge < -0.3 is 0 Å². The van der Waals surface area contributed by atoms with E-state index in [1.165, 1.54) is 11.9 Å². The average Bonchev–Trinajstić information content (AvgIpc) is 3.38. The highest BCUT2D eigenvalue weighted by Crippen LogP contribution is 2.35. The molecule has 2 aromatic carbocycles. The van der Waals surface area contributed by atoms with E-state index in [4.69, 9.17) is 0 Å². The molecule has 1 aliphatic rings. The largest absolute Gasteiger partial charge is 0.280 e. The molecular formula is C21H19N3O3S2. The molecule has 1 atom stereocenters. The van der Waals surface area contributed by atoms with E-state index in [1.54, 1.807) is 59.9 Å². The first-order chi connectivity index (χ1) is 13.9. The molecule has 0 saturated carbocycles. The molecule has 0 aliphatic carbocycles. The SMILES string of the molecule is CC(=O)N1N=C(c2cccc(NS(=O)(=O)c3ccccc3)c2)C[C@@H]1c1cccs1. The lowest BCUT2D eigenvalue weighted by Crippen LogP contribution is -2.23. The summed E-state index contributed by atoms with van der Waals surface area (Å²) in [6, 6.07) is 19.1. The van der Waals surface area contributed by atoms with E-state index < -0.39 is 10.0 Å². The fourth-order valence-electron chi connectivity index (χ4n) is 3.25. The predicted molar refractivity (Wildman–Crippen MR) is 114 cm³/mol. The number of nitrogens with zero attached hydrogens (tertiary/aromatic N) is 2. The van der Waals surface area contributed by atoms with Crippen LogP contribution in [0.4, 0.5) is 5.69 Å². The van der Waals surface area contributed by atoms with Crippen LogP contribution in [0.15, 0.2) is 82.1 Å². The molecule has 0 spiro atoms.